The molecule has 0 unspecified atom stereocenters. The molecule has 3 N–H and O–H groups in total. The molecule has 1 saturated heterocycles. The molecule has 1 aliphatic rings. The molecule has 0 spiro atoms. The second-order valence-electron chi connectivity index (χ2n) is 5.32. The zero-order chi connectivity index (χ0) is 15.2. The predicted molar refractivity (Wildman–Crippen MR) is 84.4 cm³/mol. The lowest BCUT2D eigenvalue weighted by molar-refractivity contribution is 0.0957. The van der Waals surface area contributed by atoms with Gasteiger partial charge in [-0.05, 0) is 49.5 Å². The van der Waals surface area contributed by atoms with Crippen molar-refractivity contribution in [3.05, 3.63) is 54.1 Å². The number of benzene rings is 1. The van der Waals surface area contributed by atoms with Gasteiger partial charge in [-0.2, -0.15) is 0 Å². The van der Waals surface area contributed by atoms with E-state index in [2.05, 4.69) is 38.3 Å². The van der Waals surface area contributed by atoms with E-state index in [1.54, 1.807) is 0 Å². The van der Waals surface area contributed by atoms with E-state index in [1.807, 2.05) is 12.1 Å². The average molecular weight is 297 g/mol. The number of anilines is 1. The molecule has 22 heavy (non-hydrogen) atoms. The summed E-state index contributed by atoms with van der Waals surface area (Å²) < 4.78 is 0. The van der Waals surface area contributed by atoms with Crippen molar-refractivity contribution in [2.75, 3.05) is 18.5 Å². The van der Waals surface area contributed by atoms with Crippen LogP contribution in [0.15, 0.2) is 42.9 Å². The van der Waals surface area contributed by atoms with Crippen molar-refractivity contribution in [1.29, 1.82) is 0 Å². The summed E-state index contributed by atoms with van der Waals surface area (Å²) in [6.07, 6.45) is 6.80. The first kappa shape index (κ1) is 14.5. The Labute approximate surface area is 129 Å². The predicted octanol–water partition coefficient (Wildman–Crippen LogP) is 1.70. The molecule has 6 nitrogen and oxygen atoms in total. The van der Waals surface area contributed by atoms with Gasteiger partial charge < -0.3 is 5.32 Å². The first-order valence-electron chi connectivity index (χ1n) is 7.46. The monoisotopic (exact) mass is 297 g/mol. The number of nitrogens with zero attached hydrogens (tertiary/aromatic N) is 2. The van der Waals surface area contributed by atoms with E-state index in [1.165, 1.54) is 37.0 Å². The quantitative estimate of drug-likeness (QED) is 0.749. The van der Waals surface area contributed by atoms with Gasteiger partial charge in [0.05, 0.1) is 11.9 Å². The number of nitrogens with one attached hydrogen (secondary N) is 3. The maximum atomic E-state index is 11.8. The Morgan fingerprint density at radius 1 is 1.14 bits per heavy atom. The van der Waals surface area contributed by atoms with Gasteiger partial charge in [-0.15, -0.1) is 0 Å². The smallest absolute Gasteiger partial charge is 0.289 e. The van der Waals surface area contributed by atoms with Crippen LogP contribution in [0.3, 0.4) is 0 Å². The van der Waals surface area contributed by atoms with Gasteiger partial charge in [0, 0.05) is 12.4 Å². The highest BCUT2D eigenvalue weighted by Crippen LogP contribution is 2.25. The molecule has 0 atom stereocenters. The number of carbonyl (C=O) groups excluding carboxylic acids is 1. The van der Waals surface area contributed by atoms with Crippen LogP contribution in [0.1, 0.15) is 34.8 Å². The number of piperidine rings is 1. The minimum Gasteiger partial charge on any atom is -0.317 e. The zero-order valence-electron chi connectivity index (χ0n) is 12.2. The molecule has 114 valence electrons. The Hall–Kier alpha value is -2.47. The SMILES string of the molecule is O=C(NNc1ccc(C2CCNCC2)cc1)c1cnccn1. The third kappa shape index (κ3) is 3.59. The van der Waals surface area contributed by atoms with Crippen molar-refractivity contribution in [1.82, 2.24) is 20.7 Å². The van der Waals surface area contributed by atoms with Crippen molar-refractivity contribution < 1.29 is 4.79 Å². The van der Waals surface area contributed by atoms with Crippen LogP contribution in [-0.2, 0) is 0 Å². The van der Waals surface area contributed by atoms with Crippen LogP contribution in [0, 0.1) is 0 Å². The van der Waals surface area contributed by atoms with Gasteiger partial charge in [0.25, 0.3) is 5.91 Å². The fourth-order valence-corrected chi connectivity index (χ4v) is 2.60. The summed E-state index contributed by atoms with van der Waals surface area (Å²) in [5.74, 6) is 0.319. The van der Waals surface area contributed by atoms with E-state index in [0.717, 1.165) is 18.8 Å². The highest BCUT2D eigenvalue weighted by Gasteiger charge is 2.14. The summed E-state index contributed by atoms with van der Waals surface area (Å²) in [5, 5.41) is 3.37. The first-order chi connectivity index (χ1) is 10.8. The van der Waals surface area contributed by atoms with Crippen LogP contribution in [-0.4, -0.2) is 29.0 Å². The molecule has 1 fully saturated rings. The molecule has 1 aliphatic heterocycles. The Morgan fingerprint density at radius 2 is 1.91 bits per heavy atom. The van der Waals surface area contributed by atoms with Crippen molar-refractivity contribution >= 4 is 11.6 Å². The fourth-order valence-electron chi connectivity index (χ4n) is 2.60. The van der Waals surface area contributed by atoms with Crippen molar-refractivity contribution in [2.24, 2.45) is 0 Å². The number of rotatable bonds is 4. The number of amides is 1. The Bertz CT molecular complexity index is 608. The third-order valence-corrected chi connectivity index (χ3v) is 3.84. The van der Waals surface area contributed by atoms with Crippen LogP contribution in [0.4, 0.5) is 5.69 Å². The lowest BCUT2D eigenvalue weighted by Crippen LogP contribution is -2.30. The standard InChI is InChI=1S/C16H19N5O/c22-16(15-11-18-9-10-19-15)21-20-14-3-1-12(2-4-14)13-5-7-17-8-6-13/h1-4,9-11,13,17,20H,5-8H2,(H,21,22). The molecule has 0 radical (unpaired) electrons. The molecule has 0 aliphatic carbocycles. The number of hydrazine groups is 1. The lowest BCUT2D eigenvalue weighted by Gasteiger charge is -2.23. The van der Waals surface area contributed by atoms with Crippen LogP contribution >= 0.6 is 0 Å². The van der Waals surface area contributed by atoms with Gasteiger partial charge in [-0.25, -0.2) is 4.98 Å². The topological polar surface area (TPSA) is 78.9 Å². The van der Waals surface area contributed by atoms with Gasteiger partial charge >= 0.3 is 0 Å². The van der Waals surface area contributed by atoms with Crippen LogP contribution in [0.5, 0.6) is 0 Å². The van der Waals surface area contributed by atoms with Gasteiger partial charge in [0.2, 0.25) is 0 Å². The largest absolute Gasteiger partial charge is 0.317 e. The highest BCUT2D eigenvalue weighted by molar-refractivity contribution is 5.92. The molecule has 2 aromatic rings. The third-order valence-electron chi connectivity index (χ3n) is 3.84. The molecule has 6 heteroatoms. The van der Waals surface area contributed by atoms with E-state index >= 15 is 0 Å². The van der Waals surface area contributed by atoms with Crippen molar-refractivity contribution in [3.8, 4) is 0 Å². The number of hydrogen-bond acceptors (Lipinski definition) is 5. The molecule has 1 aromatic heterocycles. The molecule has 3 rings (SSSR count). The van der Waals surface area contributed by atoms with Crippen LogP contribution in [0.25, 0.3) is 0 Å². The molecule has 2 heterocycles. The molecule has 0 bridgehead atoms. The summed E-state index contributed by atoms with van der Waals surface area (Å²) in [7, 11) is 0. The maximum Gasteiger partial charge on any atom is 0.289 e. The van der Waals surface area contributed by atoms with E-state index in [4.69, 9.17) is 0 Å². The Morgan fingerprint density at radius 3 is 2.59 bits per heavy atom. The highest BCUT2D eigenvalue weighted by atomic mass is 16.2. The van der Waals surface area contributed by atoms with E-state index in [-0.39, 0.29) is 11.6 Å². The molecule has 1 amide bonds. The number of aromatic nitrogens is 2. The maximum absolute atomic E-state index is 11.8. The van der Waals surface area contributed by atoms with Crippen LogP contribution < -0.4 is 16.2 Å². The summed E-state index contributed by atoms with van der Waals surface area (Å²) in [4.78, 5) is 19.7. The molecule has 1 aromatic carbocycles. The second-order valence-corrected chi connectivity index (χ2v) is 5.32. The fraction of sp³-hybridized carbons (Fsp3) is 0.312. The van der Waals surface area contributed by atoms with Crippen molar-refractivity contribution in [3.63, 3.8) is 0 Å². The minimum absolute atomic E-state index is 0.279. The number of hydrogen-bond donors (Lipinski definition) is 3. The van der Waals surface area contributed by atoms with E-state index in [0.29, 0.717) is 5.92 Å². The van der Waals surface area contributed by atoms with Crippen molar-refractivity contribution in [2.45, 2.75) is 18.8 Å². The van der Waals surface area contributed by atoms with Gasteiger partial charge in [0.1, 0.15) is 5.69 Å². The van der Waals surface area contributed by atoms with Crippen LogP contribution in [0.2, 0.25) is 0 Å². The van der Waals surface area contributed by atoms with E-state index in [9.17, 15) is 4.79 Å². The van der Waals surface area contributed by atoms with Gasteiger partial charge in [0.15, 0.2) is 0 Å². The minimum atomic E-state index is -0.310. The lowest BCUT2D eigenvalue weighted by atomic mass is 9.90. The number of carbonyl (C=O) groups is 1. The zero-order valence-corrected chi connectivity index (χ0v) is 12.2. The Balaban J connectivity index is 1.56. The second kappa shape index (κ2) is 7.00. The van der Waals surface area contributed by atoms with E-state index < -0.39 is 0 Å². The normalized spacial score (nSPS) is 15.3. The van der Waals surface area contributed by atoms with Gasteiger partial charge in [-0.1, -0.05) is 12.1 Å². The summed E-state index contributed by atoms with van der Waals surface area (Å²) in [5.41, 5.74) is 7.98. The molecular formula is C16H19N5O. The average Bonchev–Trinajstić information content (AvgIpc) is 2.61. The first-order valence-corrected chi connectivity index (χ1v) is 7.46. The van der Waals surface area contributed by atoms with Gasteiger partial charge in [-0.3, -0.25) is 20.6 Å². The molecule has 0 saturated carbocycles. The molecular weight excluding hydrogens is 278 g/mol. The summed E-state index contributed by atoms with van der Waals surface area (Å²) in [6.45, 7) is 2.16. The Kier molecular flexibility index (Phi) is 4.60. The summed E-state index contributed by atoms with van der Waals surface area (Å²) >= 11 is 0. The summed E-state index contributed by atoms with van der Waals surface area (Å²) in [6, 6.07) is 8.20.